The van der Waals surface area contributed by atoms with Gasteiger partial charge < -0.3 is 4.43 Å². The fourth-order valence-electron chi connectivity index (χ4n) is 0.215. The summed E-state index contributed by atoms with van der Waals surface area (Å²) in [6.07, 6.45) is 5.29. The molecule has 0 saturated carbocycles. The first-order valence-corrected chi connectivity index (χ1v) is 3.61. The molecule has 7 heavy (non-hydrogen) atoms. The zero-order valence-corrected chi connectivity index (χ0v) is 6.18. The van der Waals surface area contributed by atoms with Crippen LogP contribution in [0, 0.1) is 12.0 Å². The molecule has 0 atom stereocenters. The van der Waals surface area contributed by atoms with E-state index in [1.165, 1.54) is 0 Å². The fraction of sp³-hybridized carbons (Fsp3) is 0.600. The largest absolute Gasteiger partial charge is 0.409 e. The maximum atomic E-state index is 5.09. The molecule has 0 saturated heterocycles. The second kappa shape index (κ2) is 3.91. The maximum Gasteiger partial charge on any atom is 0.240 e. The van der Waals surface area contributed by atoms with Crippen molar-refractivity contribution in [1.82, 2.24) is 0 Å². The van der Waals surface area contributed by atoms with Crippen LogP contribution in [0.5, 0.6) is 0 Å². The Hall–Kier alpha value is -0.263. The fourth-order valence-corrected chi connectivity index (χ4v) is 0.644. The molecular weight excluding hydrogens is 104 g/mol. The van der Waals surface area contributed by atoms with Gasteiger partial charge in [-0.1, -0.05) is 0 Å². The average Bonchev–Trinajstić information content (AvgIpc) is 1.61. The van der Waals surface area contributed by atoms with Crippen LogP contribution in [0.15, 0.2) is 0 Å². The monoisotopic (exact) mass is 114 g/mol. The quantitative estimate of drug-likeness (QED) is 0.365. The van der Waals surface area contributed by atoms with Gasteiger partial charge in [0.15, 0.2) is 0 Å². The Bertz CT molecular complexity index is 72.6. The van der Waals surface area contributed by atoms with Crippen LogP contribution >= 0.6 is 0 Å². The summed E-state index contributed by atoms with van der Waals surface area (Å²) in [7, 11) is -0.598. The third-order valence-electron chi connectivity index (χ3n) is 0.500. The number of terminal acetylenes is 1. The summed E-state index contributed by atoms with van der Waals surface area (Å²) in [5.41, 5.74) is 2.52. The molecule has 0 fully saturated rings. The van der Waals surface area contributed by atoms with Crippen LogP contribution < -0.4 is 0 Å². The third-order valence-corrected chi connectivity index (χ3v) is 1.50. The van der Waals surface area contributed by atoms with Crippen LogP contribution in [0.3, 0.4) is 0 Å². The van der Waals surface area contributed by atoms with E-state index in [1.54, 1.807) is 0 Å². The first-order chi connectivity index (χ1) is 3.27. The standard InChI is InChI=1S/C5H10OSi/c1-4-7-6-5(2)3/h1,5H,7H2,2-3H3. The van der Waals surface area contributed by atoms with Crippen LogP contribution in [0.4, 0.5) is 0 Å². The van der Waals surface area contributed by atoms with E-state index in [-0.39, 0.29) is 0 Å². The topological polar surface area (TPSA) is 9.23 Å². The van der Waals surface area contributed by atoms with Gasteiger partial charge in [0.25, 0.3) is 0 Å². The molecule has 0 spiro atoms. The van der Waals surface area contributed by atoms with Crippen molar-refractivity contribution in [1.29, 1.82) is 0 Å². The highest BCUT2D eigenvalue weighted by atomic mass is 28.2. The Balaban J connectivity index is 2.86. The molecule has 0 aromatic carbocycles. The molecule has 40 valence electrons. The van der Waals surface area contributed by atoms with Gasteiger partial charge in [0.1, 0.15) is 0 Å². The molecular formula is C5H10OSi. The Labute approximate surface area is 47.0 Å². The molecule has 0 radical (unpaired) electrons. The summed E-state index contributed by atoms with van der Waals surface area (Å²) in [6, 6.07) is 0. The molecule has 2 heteroatoms. The van der Waals surface area contributed by atoms with E-state index in [0.29, 0.717) is 6.10 Å². The number of rotatable bonds is 2. The molecule has 0 aliphatic heterocycles. The van der Waals surface area contributed by atoms with Crippen LogP contribution in [0.2, 0.25) is 0 Å². The molecule has 0 bridgehead atoms. The molecule has 0 unspecified atom stereocenters. The van der Waals surface area contributed by atoms with Crippen molar-refractivity contribution in [3.8, 4) is 12.0 Å². The van der Waals surface area contributed by atoms with E-state index >= 15 is 0 Å². The van der Waals surface area contributed by atoms with E-state index in [1.807, 2.05) is 13.8 Å². The lowest BCUT2D eigenvalue weighted by Gasteiger charge is -2.00. The van der Waals surface area contributed by atoms with Crippen molar-refractivity contribution >= 4 is 9.76 Å². The van der Waals surface area contributed by atoms with E-state index in [9.17, 15) is 0 Å². The van der Waals surface area contributed by atoms with Gasteiger partial charge in [-0.25, -0.2) is 0 Å². The smallest absolute Gasteiger partial charge is 0.240 e. The minimum absolute atomic E-state index is 0.322. The highest BCUT2D eigenvalue weighted by Crippen LogP contribution is 1.81. The summed E-state index contributed by atoms with van der Waals surface area (Å²) >= 11 is 0. The number of hydrogen-bond acceptors (Lipinski definition) is 1. The van der Waals surface area contributed by atoms with Crippen LogP contribution in [-0.2, 0) is 4.43 Å². The van der Waals surface area contributed by atoms with Gasteiger partial charge in [-0.2, -0.15) is 0 Å². The van der Waals surface area contributed by atoms with Crippen LogP contribution in [-0.4, -0.2) is 15.9 Å². The number of hydrogen-bond donors (Lipinski definition) is 0. The first kappa shape index (κ1) is 6.74. The lowest BCUT2D eigenvalue weighted by atomic mass is 10.5. The van der Waals surface area contributed by atoms with Crippen molar-refractivity contribution in [2.24, 2.45) is 0 Å². The van der Waals surface area contributed by atoms with E-state index < -0.39 is 9.76 Å². The summed E-state index contributed by atoms with van der Waals surface area (Å²) in [5.74, 6) is 0. The molecule has 0 N–H and O–H groups in total. The predicted octanol–water partition coefficient (Wildman–Crippen LogP) is 0.0859. The molecule has 0 heterocycles. The van der Waals surface area contributed by atoms with Gasteiger partial charge in [0.05, 0.1) is 0 Å². The lowest BCUT2D eigenvalue weighted by Crippen LogP contribution is -2.04. The summed E-state index contributed by atoms with van der Waals surface area (Å²) < 4.78 is 5.09. The van der Waals surface area contributed by atoms with E-state index in [2.05, 4.69) is 5.54 Å². The van der Waals surface area contributed by atoms with Gasteiger partial charge in [0.2, 0.25) is 9.76 Å². The molecule has 0 aliphatic rings. The minimum atomic E-state index is -0.598. The Morgan fingerprint density at radius 2 is 2.29 bits per heavy atom. The van der Waals surface area contributed by atoms with Crippen molar-refractivity contribution in [2.45, 2.75) is 20.0 Å². The van der Waals surface area contributed by atoms with Crippen molar-refractivity contribution in [2.75, 3.05) is 0 Å². The summed E-state index contributed by atoms with van der Waals surface area (Å²) in [4.78, 5) is 0. The second-order valence-electron chi connectivity index (χ2n) is 1.56. The highest BCUT2D eigenvalue weighted by Gasteiger charge is 1.86. The van der Waals surface area contributed by atoms with Gasteiger partial charge in [0, 0.05) is 6.10 Å². The Morgan fingerprint density at radius 3 is 2.43 bits per heavy atom. The molecule has 0 aromatic heterocycles. The molecule has 0 aliphatic carbocycles. The van der Waals surface area contributed by atoms with E-state index in [4.69, 9.17) is 10.8 Å². The van der Waals surface area contributed by atoms with Gasteiger partial charge in [-0.05, 0) is 13.8 Å². The summed E-state index contributed by atoms with van der Waals surface area (Å²) in [6.45, 7) is 3.98. The van der Waals surface area contributed by atoms with E-state index in [0.717, 1.165) is 0 Å². The Kier molecular flexibility index (Phi) is 3.76. The SMILES string of the molecule is C#C[SiH2]OC(C)C. The van der Waals surface area contributed by atoms with Gasteiger partial charge in [-0.3, -0.25) is 0 Å². The minimum Gasteiger partial charge on any atom is -0.409 e. The van der Waals surface area contributed by atoms with Crippen molar-refractivity contribution in [3.05, 3.63) is 0 Å². The first-order valence-electron chi connectivity index (χ1n) is 2.32. The highest BCUT2D eigenvalue weighted by molar-refractivity contribution is 6.38. The van der Waals surface area contributed by atoms with Crippen molar-refractivity contribution < 1.29 is 4.43 Å². The molecule has 0 aromatic rings. The van der Waals surface area contributed by atoms with Gasteiger partial charge >= 0.3 is 0 Å². The Morgan fingerprint density at radius 1 is 1.71 bits per heavy atom. The van der Waals surface area contributed by atoms with Crippen molar-refractivity contribution in [3.63, 3.8) is 0 Å². The normalized spacial score (nSPS) is 10.6. The second-order valence-corrected chi connectivity index (χ2v) is 2.59. The molecule has 1 nitrogen and oxygen atoms in total. The maximum absolute atomic E-state index is 5.09. The molecule has 0 amide bonds. The average molecular weight is 114 g/mol. The zero-order chi connectivity index (χ0) is 5.70. The summed E-state index contributed by atoms with van der Waals surface area (Å²) in [5, 5.41) is 0. The van der Waals surface area contributed by atoms with Crippen LogP contribution in [0.1, 0.15) is 13.8 Å². The van der Waals surface area contributed by atoms with Crippen LogP contribution in [0.25, 0.3) is 0 Å². The van der Waals surface area contributed by atoms with Gasteiger partial charge in [-0.15, -0.1) is 12.0 Å². The predicted molar refractivity (Wildman–Crippen MR) is 33.6 cm³/mol. The molecule has 0 rings (SSSR count). The lowest BCUT2D eigenvalue weighted by molar-refractivity contribution is 0.261. The third kappa shape index (κ3) is 5.74. The zero-order valence-electron chi connectivity index (χ0n) is 4.77.